The molecule has 1 N–H and O–H groups in total. The summed E-state index contributed by atoms with van der Waals surface area (Å²) < 4.78 is 33.0. The van der Waals surface area contributed by atoms with Gasteiger partial charge in [-0.15, -0.1) is 0 Å². The highest BCUT2D eigenvalue weighted by atomic mass is 32.3. The van der Waals surface area contributed by atoms with Crippen molar-refractivity contribution in [2.45, 2.75) is 32.1 Å². The van der Waals surface area contributed by atoms with Crippen LogP contribution in [0.3, 0.4) is 0 Å². The molecule has 0 saturated heterocycles. The molecule has 1 aliphatic rings. The Balaban J connectivity index is 2.22. The highest BCUT2D eigenvalue weighted by Gasteiger charge is 2.16. The van der Waals surface area contributed by atoms with Crippen molar-refractivity contribution >= 4 is 10.4 Å². The van der Waals surface area contributed by atoms with Gasteiger partial charge in [0.15, 0.2) is 0 Å². The second-order valence-electron chi connectivity index (χ2n) is 3.22. The van der Waals surface area contributed by atoms with Crippen molar-refractivity contribution in [2.75, 3.05) is 6.61 Å². The Morgan fingerprint density at radius 1 is 1.25 bits per heavy atom. The van der Waals surface area contributed by atoms with Crippen LogP contribution in [-0.4, -0.2) is 19.6 Å². The van der Waals surface area contributed by atoms with Gasteiger partial charge in [-0.2, -0.15) is 8.42 Å². The molecule has 5 heteroatoms. The number of rotatable bonds is 3. The fraction of sp³-hybridized carbons (Fsp3) is 1.00. The second-order valence-corrected chi connectivity index (χ2v) is 4.31. The zero-order valence-electron chi connectivity index (χ0n) is 6.90. The van der Waals surface area contributed by atoms with Crippen LogP contribution in [0, 0.1) is 5.92 Å². The molecule has 1 saturated carbocycles. The quantitative estimate of drug-likeness (QED) is 0.689. The van der Waals surface area contributed by atoms with E-state index in [-0.39, 0.29) is 6.61 Å². The second kappa shape index (κ2) is 4.20. The van der Waals surface area contributed by atoms with Crippen molar-refractivity contribution in [3.8, 4) is 0 Å². The molecule has 72 valence electrons. The summed E-state index contributed by atoms with van der Waals surface area (Å²) in [5, 5.41) is 0. The molecule has 0 aromatic carbocycles. The van der Waals surface area contributed by atoms with Gasteiger partial charge in [-0.25, -0.2) is 4.18 Å². The molecule has 1 aliphatic carbocycles. The van der Waals surface area contributed by atoms with Gasteiger partial charge in [0, 0.05) is 0 Å². The van der Waals surface area contributed by atoms with E-state index < -0.39 is 10.4 Å². The molecule has 0 aromatic rings. The van der Waals surface area contributed by atoms with E-state index in [2.05, 4.69) is 4.18 Å². The number of hydrogen-bond acceptors (Lipinski definition) is 3. The molecule has 1 fully saturated rings. The number of hydrogen-bond donors (Lipinski definition) is 1. The zero-order valence-corrected chi connectivity index (χ0v) is 7.72. The van der Waals surface area contributed by atoms with Gasteiger partial charge in [-0.1, -0.05) is 19.3 Å². The monoisotopic (exact) mass is 194 g/mol. The van der Waals surface area contributed by atoms with Gasteiger partial charge in [0.05, 0.1) is 6.61 Å². The van der Waals surface area contributed by atoms with E-state index in [0.717, 1.165) is 25.7 Å². The molecule has 0 bridgehead atoms. The minimum absolute atomic E-state index is 0.138. The van der Waals surface area contributed by atoms with Crippen LogP contribution < -0.4 is 0 Å². The molecule has 4 nitrogen and oxygen atoms in total. The predicted octanol–water partition coefficient (Wildman–Crippen LogP) is 1.39. The van der Waals surface area contributed by atoms with E-state index >= 15 is 0 Å². The zero-order chi connectivity index (χ0) is 9.03. The maximum atomic E-state index is 10.2. The first kappa shape index (κ1) is 9.95. The molecule has 1 rings (SSSR count). The molecule has 12 heavy (non-hydrogen) atoms. The lowest BCUT2D eigenvalue weighted by molar-refractivity contribution is 0.192. The van der Waals surface area contributed by atoms with Crippen LogP contribution in [0.15, 0.2) is 0 Å². The van der Waals surface area contributed by atoms with E-state index in [9.17, 15) is 8.42 Å². The third-order valence-electron chi connectivity index (χ3n) is 2.18. The van der Waals surface area contributed by atoms with Crippen LogP contribution in [0.1, 0.15) is 32.1 Å². The molecular formula is C7H14O4S. The molecule has 0 radical (unpaired) electrons. The van der Waals surface area contributed by atoms with Crippen LogP contribution in [-0.2, 0) is 14.6 Å². The lowest BCUT2D eigenvalue weighted by atomic mass is 9.90. The fourth-order valence-electron chi connectivity index (χ4n) is 1.54. The van der Waals surface area contributed by atoms with Crippen molar-refractivity contribution in [1.82, 2.24) is 0 Å². The first-order chi connectivity index (χ1) is 5.58. The van der Waals surface area contributed by atoms with E-state index in [4.69, 9.17) is 4.55 Å². The summed E-state index contributed by atoms with van der Waals surface area (Å²) in [6.07, 6.45) is 5.52. The van der Waals surface area contributed by atoms with Crippen LogP contribution in [0.25, 0.3) is 0 Å². The molecule has 0 unspecified atom stereocenters. The summed E-state index contributed by atoms with van der Waals surface area (Å²) in [5.41, 5.74) is 0. The van der Waals surface area contributed by atoms with Gasteiger partial charge in [0.1, 0.15) is 0 Å². The maximum Gasteiger partial charge on any atom is 0.397 e. The third-order valence-corrected chi connectivity index (χ3v) is 2.61. The molecular weight excluding hydrogens is 180 g/mol. The highest BCUT2D eigenvalue weighted by molar-refractivity contribution is 7.80. The Morgan fingerprint density at radius 2 is 1.83 bits per heavy atom. The van der Waals surface area contributed by atoms with E-state index in [0.29, 0.717) is 5.92 Å². The van der Waals surface area contributed by atoms with Crippen LogP contribution in [0.4, 0.5) is 0 Å². The van der Waals surface area contributed by atoms with Crippen LogP contribution in [0.2, 0.25) is 0 Å². The Hall–Kier alpha value is -0.130. The van der Waals surface area contributed by atoms with Crippen molar-refractivity contribution in [3.05, 3.63) is 0 Å². The topological polar surface area (TPSA) is 63.6 Å². The van der Waals surface area contributed by atoms with Crippen LogP contribution >= 0.6 is 0 Å². The normalized spacial score (nSPS) is 21.1. The molecule has 0 amide bonds. The first-order valence-electron chi connectivity index (χ1n) is 4.20. The Kier molecular flexibility index (Phi) is 3.49. The minimum atomic E-state index is -4.22. The summed E-state index contributed by atoms with van der Waals surface area (Å²) in [6, 6.07) is 0. The van der Waals surface area contributed by atoms with E-state index in [1.807, 2.05) is 0 Å². The van der Waals surface area contributed by atoms with E-state index in [1.165, 1.54) is 6.42 Å². The molecule has 0 atom stereocenters. The highest BCUT2D eigenvalue weighted by Crippen LogP contribution is 2.23. The van der Waals surface area contributed by atoms with Gasteiger partial charge in [-0.3, -0.25) is 4.55 Å². The molecule has 0 heterocycles. The standard InChI is InChI=1S/C7H14O4S/c8-12(9,10)11-6-7-4-2-1-3-5-7/h7H,1-6H2,(H,8,9,10). The predicted molar refractivity (Wildman–Crippen MR) is 44.1 cm³/mol. The minimum Gasteiger partial charge on any atom is -0.264 e. The van der Waals surface area contributed by atoms with Crippen molar-refractivity contribution in [3.63, 3.8) is 0 Å². The summed E-state index contributed by atoms with van der Waals surface area (Å²) in [7, 11) is -4.22. The fourth-order valence-corrected chi connectivity index (χ4v) is 1.90. The smallest absolute Gasteiger partial charge is 0.264 e. The summed E-state index contributed by atoms with van der Waals surface area (Å²) in [5.74, 6) is 0.306. The van der Waals surface area contributed by atoms with Crippen LogP contribution in [0.5, 0.6) is 0 Å². The molecule has 0 aliphatic heterocycles. The van der Waals surface area contributed by atoms with Gasteiger partial charge in [0.25, 0.3) is 0 Å². The van der Waals surface area contributed by atoms with E-state index in [1.54, 1.807) is 0 Å². The summed E-state index contributed by atoms with van der Waals surface area (Å²) >= 11 is 0. The molecule has 0 spiro atoms. The Morgan fingerprint density at radius 3 is 2.33 bits per heavy atom. The lowest BCUT2D eigenvalue weighted by Crippen LogP contribution is -2.16. The van der Waals surface area contributed by atoms with Gasteiger partial charge in [0.2, 0.25) is 0 Å². The van der Waals surface area contributed by atoms with Gasteiger partial charge in [-0.05, 0) is 18.8 Å². The van der Waals surface area contributed by atoms with Crippen molar-refractivity contribution in [1.29, 1.82) is 0 Å². The largest absolute Gasteiger partial charge is 0.397 e. The Labute approximate surface area is 72.9 Å². The first-order valence-corrected chi connectivity index (χ1v) is 5.56. The van der Waals surface area contributed by atoms with Gasteiger partial charge >= 0.3 is 10.4 Å². The van der Waals surface area contributed by atoms with Crippen molar-refractivity contribution < 1.29 is 17.2 Å². The summed E-state index contributed by atoms with van der Waals surface area (Å²) in [4.78, 5) is 0. The lowest BCUT2D eigenvalue weighted by Gasteiger charge is -2.19. The van der Waals surface area contributed by atoms with Gasteiger partial charge < -0.3 is 0 Å². The Bertz CT molecular complexity index is 216. The third kappa shape index (κ3) is 4.04. The molecule has 0 aromatic heterocycles. The average Bonchev–Trinajstić information content (AvgIpc) is 2.02. The summed E-state index contributed by atoms with van der Waals surface area (Å²) in [6.45, 7) is 0.138. The van der Waals surface area contributed by atoms with Crippen molar-refractivity contribution in [2.24, 2.45) is 5.92 Å². The maximum absolute atomic E-state index is 10.2. The average molecular weight is 194 g/mol. The SMILES string of the molecule is O=S(=O)(O)OCC1CCCCC1.